The molecule has 0 aromatic heterocycles. The van der Waals surface area contributed by atoms with Gasteiger partial charge in [0.2, 0.25) is 0 Å². The van der Waals surface area contributed by atoms with Crippen LogP contribution in [0.2, 0.25) is 0 Å². The average Bonchev–Trinajstić information content (AvgIpc) is 2.38. The van der Waals surface area contributed by atoms with Crippen LogP contribution in [0.4, 0.5) is 0 Å². The number of methoxy groups -OCH3 is 1. The van der Waals surface area contributed by atoms with Crippen molar-refractivity contribution in [2.24, 2.45) is 0 Å². The minimum Gasteiger partial charge on any atom is -0.497 e. The van der Waals surface area contributed by atoms with Gasteiger partial charge < -0.3 is 9.47 Å². The predicted octanol–water partition coefficient (Wildman–Crippen LogP) is 3.14. The number of carbonyl (C=O) groups is 1. The third kappa shape index (κ3) is 3.77. The molecule has 1 aromatic carbocycles. The first-order chi connectivity index (χ1) is 8.22. The lowest BCUT2D eigenvalue weighted by Crippen LogP contribution is -2.15. The molecule has 0 bridgehead atoms. The van der Waals surface area contributed by atoms with Crippen LogP contribution in [0.1, 0.15) is 38.2 Å². The van der Waals surface area contributed by atoms with E-state index in [1.165, 1.54) is 0 Å². The largest absolute Gasteiger partial charge is 0.497 e. The summed E-state index contributed by atoms with van der Waals surface area (Å²) in [5.41, 5.74) is 0.981. The van der Waals surface area contributed by atoms with Crippen molar-refractivity contribution in [1.29, 1.82) is 0 Å². The SMILES string of the molecule is CCCOC(=O)C(CC)c1ccc(OC)cc1. The van der Waals surface area contributed by atoms with E-state index < -0.39 is 0 Å². The zero-order valence-corrected chi connectivity index (χ0v) is 10.7. The van der Waals surface area contributed by atoms with Gasteiger partial charge in [0.25, 0.3) is 0 Å². The monoisotopic (exact) mass is 236 g/mol. The van der Waals surface area contributed by atoms with Crippen LogP contribution in [0.3, 0.4) is 0 Å². The van der Waals surface area contributed by atoms with Gasteiger partial charge in [0.15, 0.2) is 0 Å². The Kier molecular flexibility index (Phi) is 5.53. The Morgan fingerprint density at radius 1 is 1.24 bits per heavy atom. The highest BCUT2D eigenvalue weighted by molar-refractivity contribution is 5.78. The second-order valence-electron chi connectivity index (χ2n) is 3.90. The van der Waals surface area contributed by atoms with E-state index in [1.54, 1.807) is 7.11 Å². The van der Waals surface area contributed by atoms with Gasteiger partial charge in [-0.15, -0.1) is 0 Å². The molecule has 1 unspecified atom stereocenters. The second kappa shape index (κ2) is 6.94. The van der Waals surface area contributed by atoms with Crippen LogP contribution in [0.25, 0.3) is 0 Å². The maximum Gasteiger partial charge on any atom is 0.313 e. The van der Waals surface area contributed by atoms with Crippen molar-refractivity contribution in [3.8, 4) is 5.75 Å². The highest BCUT2D eigenvalue weighted by Crippen LogP contribution is 2.23. The zero-order chi connectivity index (χ0) is 12.7. The minimum atomic E-state index is -0.174. The van der Waals surface area contributed by atoms with Crippen LogP contribution in [-0.4, -0.2) is 19.7 Å². The van der Waals surface area contributed by atoms with Crippen LogP contribution in [0.5, 0.6) is 5.75 Å². The summed E-state index contributed by atoms with van der Waals surface area (Å²) in [7, 11) is 1.63. The van der Waals surface area contributed by atoms with E-state index in [9.17, 15) is 4.79 Å². The molecule has 0 fully saturated rings. The summed E-state index contributed by atoms with van der Waals surface area (Å²) in [6, 6.07) is 7.57. The van der Waals surface area contributed by atoms with Gasteiger partial charge in [-0.1, -0.05) is 26.0 Å². The Balaban J connectivity index is 2.74. The fraction of sp³-hybridized carbons (Fsp3) is 0.500. The van der Waals surface area contributed by atoms with Crippen molar-refractivity contribution >= 4 is 5.97 Å². The maximum absolute atomic E-state index is 11.8. The van der Waals surface area contributed by atoms with Crippen molar-refractivity contribution in [3.05, 3.63) is 29.8 Å². The molecule has 0 spiro atoms. The Bertz CT molecular complexity index is 343. The summed E-state index contributed by atoms with van der Waals surface area (Å²) < 4.78 is 10.3. The van der Waals surface area contributed by atoms with Crippen molar-refractivity contribution in [2.45, 2.75) is 32.6 Å². The molecule has 1 atom stereocenters. The van der Waals surface area contributed by atoms with Crippen LogP contribution in [0.15, 0.2) is 24.3 Å². The maximum atomic E-state index is 11.8. The molecule has 0 radical (unpaired) electrons. The molecule has 17 heavy (non-hydrogen) atoms. The van der Waals surface area contributed by atoms with Gasteiger partial charge >= 0.3 is 5.97 Å². The predicted molar refractivity (Wildman–Crippen MR) is 67.3 cm³/mol. The Labute approximate surface area is 103 Å². The van der Waals surface area contributed by atoms with Crippen molar-refractivity contribution in [3.63, 3.8) is 0 Å². The van der Waals surface area contributed by atoms with Gasteiger partial charge in [0, 0.05) is 0 Å². The van der Waals surface area contributed by atoms with Crippen LogP contribution in [-0.2, 0) is 9.53 Å². The lowest BCUT2D eigenvalue weighted by molar-refractivity contribution is -0.145. The number of carbonyl (C=O) groups excluding carboxylic acids is 1. The first kappa shape index (κ1) is 13.6. The molecule has 0 aliphatic carbocycles. The van der Waals surface area contributed by atoms with E-state index in [2.05, 4.69) is 0 Å². The highest BCUT2D eigenvalue weighted by atomic mass is 16.5. The fourth-order valence-corrected chi connectivity index (χ4v) is 1.68. The number of hydrogen-bond donors (Lipinski definition) is 0. The molecule has 3 heteroatoms. The second-order valence-corrected chi connectivity index (χ2v) is 3.90. The fourth-order valence-electron chi connectivity index (χ4n) is 1.68. The lowest BCUT2D eigenvalue weighted by atomic mass is 9.96. The molecule has 3 nitrogen and oxygen atoms in total. The summed E-state index contributed by atoms with van der Waals surface area (Å²) >= 11 is 0. The molecular weight excluding hydrogens is 216 g/mol. The number of ether oxygens (including phenoxy) is 2. The molecule has 0 heterocycles. The van der Waals surface area contributed by atoms with Gasteiger partial charge in [0.1, 0.15) is 5.75 Å². The van der Waals surface area contributed by atoms with Crippen LogP contribution in [0, 0.1) is 0 Å². The third-order valence-electron chi connectivity index (χ3n) is 2.66. The zero-order valence-electron chi connectivity index (χ0n) is 10.7. The smallest absolute Gasteiger partial charge is 0.313 e. The normalized spacial score (nSPS) is 11.9. The van der Waals surface area contributed by atoms with Crippen molar-refractivity contribution < 1.29 is 14.3 Å². The lowest BCUT2D eigenvalue weighted by Gasteiger charge is -2.14. The highest BCUT2D eigenvalue weighted by Gasteiger charge is 2.19. The van der Waals surface area contributed by atoms with Gasteiger partial charge in [0.05, 0.1) is 19.6 Å². The Hall–Kier alpha value is -1.51. The molecular formula is C14H20O3. The van der Waals surface area contributed by atoms with E-state index in [1.807, 2.05) is 38.1 Å². The van der Waals surface area contributed by atoms with Gasteiger partial charge in [-0.05, 0) is 30.5 Å². The number of benzene rings is 1. The summed E-state index contributed by atoms with van der Waals surface area (Å²) in [6.45, 7) is 4.47. The average molecular weight is 236 g/mol. The molecule has 1 aromatic rings. The number of esters is 1. The standard InChI is InChI=1S/C14H20O3/c1-4-10-17-14(15)13(5-2)11-6-8-12(16-3)9-7-11/h6-9,13H,4-5,10H2,1-3H3. The van der Waals surface area contributed by atoms with E-state index in [4.69, 9.17) is 9.47 Å². The molecule has 0 saturated carbocycles. The van der Waals surface area contributed by atoms with Crippen molar-refractivity contribution in [1.82, 2.24) is 0 Å². The van der Waals surface area contributed by atoms with E-state index in [0.29, 0.717) is 6.61 Å². The minimum absolute atomic E-state index is 0.139. The van der Waals surface area contributed by atoms with Gasteiger partial charge in [-0.25, -0.2) is 0 Å². The van der Waals surface area contributed by atoms with Crippen LogP contribution >= 0.6 is 0 Å². The number of hydrogen-bond acceptors (Lipinski definition) is 3. The summed E-state index contributed by atoms with van der Waals surface area (Å²) in [6.07, 6.45) is 1.60. The Morgan fingerprint density at radius 3 is 2.35 bits per heavy atom. The van der Waals surface area contributed by atoms with Gasteiger partial charge in [-0.3, -0.25) is 4.79 Å². The van der Waals surface area contributed by atoms with E-state index in [-0.39, 0.29) is 11.9 Å². The molecule has 1 rings (SSSR count). The molecule has 0 N–H and O–H groups in total. The summed E-state index contributed by atoms with van der Waals surface area (Å²) in [4.78, 5) is 11.8. The Morgan fingerprint density at radius 2 is 1.88 bits per heavy atom. The summed E-state index contributed by atoms with van der Waals surface area (Å²) in [5.74, 6) is 0.484. The summed E-state index contributed by atoms with van der Waals surface area (Å²) in [5, 5.41) is 0. The molecule has 94 valence electrons. The molecule has 0 amide bonds. The van der Waals surface area contributed by atoms with E-state index in [0.717, 1.165) is 24.2 Å². The van der Waals surface area contributed by atoms with Crippen LogP contribution < -0.4 is 4.74 Å². The number of rotatable bonds is 6. The topological polar surface area (TPSA) is 35.5 Å². The van der Waals surface area contributed by atoms with E-state index >= 15 is 0 Å². The van der Waals surface area contributed by atoms with Crippen molar-refractivity contribution in [2.75, 3.05) is 13.7 Å². The first-order valence-electron chi connectivity index (χ1n) is 6.03. The molecule has 0 saturated heterocycles. The first-order valence-corrected chi connectivity index (χ1v) is 6.03. The molecule has 0 aliphatic rings. The quantitative estimate of drug-likeness (QED) is 0.712. The third-order valence-corrected chi connectivity index (χ3v) is 2.66. The van der Waals surface area contributed by atoms with Gasteiger partial charge in [-0.2, -0.15) is 0 Å². The molecule has 0 aliphatic heterocycles.